The van der Waals surface area contributed by atoms with Crippen molar-refractivity contribution in [3.8, 4) is 0 Å². The normalized spacial score (nSPS) is 14.0. The maximum Gasteiger partial charge on any atom is -0.0392 e. The molecule has 0 saturated carbocycles. The SMILES string of the molecule is C=C(C)/C(C)=C(/C)C(C)=C(C)C(C)=C(C)C. The number of hydrogen-bond donors (Lipinski definition) is 0. The average molecular weight is 218 g/mol. The maximum atomic E-state index is 4.01. The molecule has 0 aromatic rings. The van der Waals surface area contributed by atoms with Crippen LogP contribution < -0.4 is 0 Å². The molecule has 0 radical (unpaired) electrons. The third-order valence-corrected chi connectivity index (χ3v) is 3.64. The van der Waals surface area contributed by atoms with Gasteiger partial charge in [-0.05, 0) is 83.3 Å². The molecule has 0 spiro atoms. The molecule has 0 aromatic heterocycles. The molecule has 0 nitrogen and oxygen atoms in total. The van der Waals surface area contributed by atoms with Gasteiger partial charge in [0.05, 0.1) is 0 Å². The van der Waals surface area contributed by atoms with Crippen molar-refractivity contribution in [2.75, 3.05) is 0 Å². The molecule has 0 fully saturated rings. The molecule has 16 heavy (non-hydrogen) atoms. The van der Waals surface area contributed by atoms with Crippen LogP contribution in [0.5, 0.6) is 0 Å². The van der Waals surface area contributed by atoms with Crippen LogP contribution in [0, 0.1) is 0 Å². The first-order valence-corrected chi connectivity index (χ1v) is 5.85. The van der Waals surface area contributed by atoms with Gasteiger partial charge in [0.1, 0.15) is 0 Å². The molecular formula is C16H26. The summed E-state index contributed by atoms with van der Waals surface area (Å²) in [5, 5.41) is 0. The van der Waals surface area contributed by atoms with E-state index in [-0.39, 0.29) is 0 Å². The van der Waals surface area contributed by atoms with Crippen molar-refractivity contribution in [2.24, 2.45) is 0 Å². The Balaban J connectivity index is 5.61. The first-order valence-electron chi connectivity index (χ1n) is 5.85. The average Bonchev–Trinajstić information content (AvgIpc) is 2.23. The summed E-state index contributed by atoms with van der Waals surface area (Å²) in [6.07, 6.45) is 0. The van der Waals surface area contributed by atoms with Crippen molar-refractivity contribution in [3.05, 3.63) is 45.6 Å². The summed E-state index contributed by atoms with van der Waals surface area (Å²) in [7, 11) is 0. The lowest BCUT2D eigenvalue weighted by molar-refractivity contribution is 1.15. The van der Waals surface area contributed by atoms with Crippen LogP contribution in [-0.4, -0.2) is 0 Å². The van der Waals surface area contributed by atoms with Crippen LogP contribution in [0.15, 0.2) is 45.6 Å². The minimum absolute atomic E-state index is 1.15. The third-order valence-electron chi connectivity index (χ3n) is 3.64. The number of hydrogen-bond acceptors (Lipinski definition) is 0. The molecule has 0 aliphatic carbocycles. The fraction of sp³-hybridized carbons (Fsp3) is 0.500. The predicted molar refractivity (Wildman–Crippen MR) is 75.6 cm³/mol. The molecule has 0 N–H and O–H groups in total. The van der Waals surface area contributed by atoms with Crippen LogP contribution >= 0.6 is 0 Å². The van der Waals surface area contributed by atoms with E-state index in [4.69, 9.17) is 0 Å². The van der Waals surface area contributed by atoms with Crippen molar-refractivity contribution in [2.45, 2.75) is 55.4 Å². The summed E-state index contributed by atoms with van der Waals surface area (Å²) in [5.41, 5.74) is 9.35. The van der Waals surface area contributed by atoms with E-state index >= 15 is 0 Å². The second-order valence-electron chi connectivity index (χ2n) is 4.91. The van der Waals surface area contributed by atoms with Gasteiger partial charge in [-0.3, -0.25) is 0 Å². The lowest BCUT2D eigenvalue weighted by Crippen LogP contribution is -1.94. The molecule has 0 heterocycles. The molecule has 0 aromatic carbocycles. The number of allylic oxidation sites excluding steroid dienone is 7. The van der Waals surface area contributed by atoms with Gasteiger partial charge in [-0.1, -0.05) is 17.7 Å². The predicted octanol–water partition coefficient (Wildman–Crippen LogP) is 5.59. The monoisotopic (exact) mass is 218 g/mol. The Labute approximate surface area is 101 Å². The molecule has 0 aliphatic heterocycles. The smallest absolute Gasteiger partial charge is 0.0392 e. The fourth-order valence-corrected chi connectivity index (χ4v) is 1.54. The van der Waals surface area contributed by atoms with E-state index in [0.717, 1.165) is 5.57 Å². The quantitative estimate of drug-likeness (QED) is 0.541. The second kappa shape index (κ2) is 5.89. The Morgan fingerprint density at radius 3 is 1.12 bits per heavy atom. The van der Waals surface area contributed by atoms with Crippen LogP contribution in [0.4, 0.5) is 0 Å². The fourth-order valence-electron chi connectivity index (χ4n) is 1.54. The second-order valence-corrected chi connectivity index (χ2v) is 4.91. The first kappa shape index (κ1) is 15.0. The van der Waals surface area contributed by atoms with Gasteiger partial charge in [0.25, 0.3) is 0 Å². The van der Waals surface area contributed by atoms with E-state index in [9.17, 15) is 0 Å². The van der Waals surface area contributed by atoms with E-state index in [2.05, 4.69) is 62.0 Å². The van der Waals surface area contributed by atoms with Crippen molar-refractivity contribution < 1.29 is 0 Å². The Kier molecular flexibility index (Phi) is 5.50. The highest BCUT2D eigenvalue weighted by molar-refractivity contribution is 5.47. The van der Waals surface area contributed by atoms with Gasteiger partial charge in [0, 0.05) is 0 Å². The van der Waals surface area contributed by atoms with Crippen molar-refractivity contribution in [1.82, 2.24) is 0 Å². The largest absolute Gasteiger partial charge is 0.0958 e. The third kappa shape index (κ3) is 3.52. The zero-order valence-corrected chi connectivity index (χ0v) is 12.2. The van der Waals surface area contributed by atoms with Crippen molar-refractivity contribution >= 4 is 0 Å². The molecular weight excluding hydrogens is 192 g/mol. The standard InChI is InChI=1S/C16H26/c1-10(2)12(5)14(7)16(9)15(8)13(6)11(3)4/h1H2,2-9H3/b14-12-,16-15?. The minimum Gasteiger partial charge on any atom is -0.0958 e. The molecule has 0 aliphatic rings. The number of rotatable bonds is 3. The van der Waals surface area contributed by atoms with Crippen LogP contribution in [-0.2, 0) is 0 Å². The van der Waals surface area contributed by atoms with Crippen LogP contribution in [0.3, 0.4) is 0 Å². The van der Waals surface area contributed by atoms with Gasteiger partial charge in [-0.15, -0.1) is 0 Å². The van der Waals surface area contributed by atoms with Gasteiger partial charge in [0.15, 0.2) is 0 Å². The Morgan fingerprint density at radius 2 is 0.812 bits per heavy atom. The molecule has 0 atom stereocenters. The van der Waals surface area contributed by atoms with Crippen molar-refractivity contribution in [3.63, 3.8) is 0 Å². The first-order chi connectivity index (χ1) is 7.20. The summed E-state index contributed by atoms with van der Waals surface area (Å²) in [5.74, 6) is 0. The van der Waals surface area contributed by atoms with Crippen LogP contribution in [0.2, 0.25) is 0 Å². The molecule has 0 saturated heterocycles. The van der Waals surface area contributed by atoms with Crippen molar-refractivity contribution in [1.29, 1.82) is 0 Å². The lowest BCUT2D eigenvalue weighted by atomic mass is 9.92. The molecule has 0 bridgehead atoms. The molecule has 0 amide bonds. The molecule has 0 heteroatoms. The molecule has 0 unspecified atom stereocenters. The van der Waals surface area contributed by atoms with Gasteiger partial charge in [-0.2, -0.15) is 0 Å². The summed E-state index contributed by atoms with van der Waals surface area (Å²) in [4.78, 5) is 0. The summed E-state index contributed by atoms with van der Waals surface area (Å²) in [6.45, 7) is 21.3. The van der Waals surface area contributed by atoms with Gasteiger partial charge >= 0.3 is 0 Å². The Hall–Kier alpha value is -1.04. The lowest BCUT2D eigenvalue weighted by Gasteiger charge is -2.14. The zero-order valence-electron chi connectivity index (χ0n) is 12.2. The summed E-state index contributed by atoms with van der Waals surface area (Å²) in [6, 6.07) is 0. The molecule has 0 rings (SSSR count). The van der Waals surface area contributed by atoms with E-state index in [1.54, 1.807) is 0 Å². The minimum atomic E-state index is 1.15. The maximum absolute atomic E-state index is 4.01. The van der Waals surface area contributed by atoms with Crippen LogP contribution in [0.25, 0.3) is 0 Å². The highest BCUT2D eigenvalue weighted by atomic mass is 14.1. The van der Waals surface area contributed by atoms with Crippen LogP contribution in [0.1, 0.15) is 55.4 Å². The molecule has 90 valence electrons. The van der Waals surface area contributed by atoms with E-state index in [1.807, 2.05) is 0 Å². The van der Waals surface area contributed by atoms with E-state index in [1.165, 1.54) is 33.4 Å². The summed E-state index contributed by atoms with van der Waals surface area (Å²) < 4.78 is 0. The summed E-state index contributed by atoms with van der Waals surface area (Å²) >= 11 is 0. The Morgan fingerprint density at radius 1 is 0.500 bits per heavy atom. The topological polar surface area (TPSA) is 0 Å². The highest BCUT2D eigenvalue weighted by Crippen LogP contribution is 2.25. The highest BCUT2D eigenvalue weighted by Gasteiger charge is 2.05. The zero-order chi connectivity index (χ0) is 13.0. The van der Waals surface area contributed by atoms with E-state index < -0.39 is 0 Å². The van der Waals surface area contributed by atoms with Gasteiger partial charge < -0.3 is 0 Å². The van der Waals surface area contributed by atoms with Gasteiger partial charge in [0.2, 0.25) is 0 Å². The van der Waals surface area contributed by atoms with Gasteiger partial charge in [-0.25, -0.2) is 0 Å². The van der Waals surface area contributed by atoms with E-state index in [0.29, 0.717) is 0 Å². The Bertz CT molecular complexity index is 380.